The highest BCUT2D eigenvalue weighted by molar-refractivity contribution is 6.25. The number of nitrogens with zero attached hydrogens (tertiary/aromatic N) is 2. The van der Waals surface area contributed by atoms with Gasteiger partial charge in [-0.2, -0.15) is 0 Å². The molecule has 2 aromatic carbocycles. The van der Waals surface area contributed by atoms with Gasteiger partial charge in [0.2, 0.25) is 11.8 Å². The van der Waals surface area contributed by atoms with Gasteiger partial charge in [-0.1, -0.05) is 18.2 Å². The lowest BCUT2D eigenvalue weighted by Crippen LogP contribution is -2.41. The molecule has 0 spiro atoms. The van der Waals surface area contributed by atoms with E-state index in [0.29, 0.717) is 28.3 Å². The van der Waals surface area contributed by atoms with Gasteiger partial charge in [0.25, 0.3) is 5.69 Å². The smallest absolute Gasteiger partial charge is 0.274 e. The Bertz CT molecular complexity index is 931. The highest BCUT2D eigenvalue weighted by Gasteiger charge is 2.58. The van der Waals surface area contributed by atoms with Gasteiger partial charge in [0.15, 0.2) is 0 Å². The SMILES string of the molecule is O=C1[C@@H]2C3CCC(CC3)[C@@H]2C(=O)N1c1ccc([N+](=O)[O-])c2ccccc12. The first-order chi connectivity index (χ1) is 12.6. The molecule has 2 atom stereocenters. The largest absolute Gasteiger partial charge is 0.277 e. The molecule has 2 amide bonds. The number of carbonyl (C=O) groups excluding carboxylic acids is 2. The van der Waals surface area contributed by atoms with Crippen LogP contribution in [0.1, 0.15) is 25.7 Å². The van der Waals surface area contributed by atoms with Crippen LogP contribution in [0.3, 0.4) is 0 Å². The number of non-ortho nitro benzene ring substituents is 1. The van der Waals surface area contributed by atoms with E-state index in [1.54, 1.807) is 30.3 Å². The summed E-state index contributed by atoms with van der Waals surface area (Å²) >= 11 is 0. The van der Waals surface area contributed by atoms with Gasteiger partial charge >= 0.3 is 0 Å². The third kappa shape index (κ3) is 1.92. The number of amides is 2. The second-order valence-electron chi connectivity index (χ2n) is 7.64. The summed E-state index contributed by atoms with van der Waals surface area (Å²) in [5.74, 6) is -0.0405. The quantitative estimate of drug-likeness (QED) is 0.470. The summed E-state index contributed by atoms with van der Waals surface area (Å²) in [6.07, 6.45) is 4.11. The van der Waals surface area contributed by atoms with E-state index < -0.39 is 4.92 Å². The number of nitro benzene ring substituents is 1. The zero-order chi connectivity index (χ0) is 18.0. The molecule has 4 aliphatic rings. The summed E-state index contributed by atoms with van der Waals surface area (Å²) in [4.78, 5) is 38.6. The van der Waals surface area contributed by atoms with E-state index in [1.165, 1.54) is 11.0 Å². The molecule has 2 bridgehead atoms. The van der Waals surface area contributed by atoms with Crippen LogP contribution in [0.25, 0.3) is 10.8 Å². The second kappa shape index (κ2) is 5.37. The molecular weight excluding hydrogens is 332 g/mol. The zero-order valence-corrected chi connectivity index (χ0v) is 14.1. The number of imide groups is 1. The van der Waals surface area contributed by atoms with Crippen LogP contribution in [-0.2, 0) is 9.59 Å². The van der Waals surface area contributed by atoms with Crippen molar-refractivity contribution in [2.45, 2.75) is 25.7 Å². The molecule has 3 saturated carbocycles. The Kier molecular flexibility index (Phi) is 3.20. The van der Waals surface area contributed by atoms with E-state index in [0.717, 1.165) is 25.7 Å². The second-order valence-corrected chi connectivity index (χ2v) is 7.64. The molecular formula is C20H18N2O4. The van der Waals surface area contributed by atoms with E-state index in [-0.39, 0.29) is 29.3 Å². The zero-order valence-electron chi connectivity index (χ0n) is 14.1. The maximum Gasteiger partial charge on any atom is 0.277 e. The number of anilines is 1. The van der Waals surface area contributed by atoms with Crippen LogP contribution < -0.4 is 4.90 Å². The predicted molar refractivity (Wildman–Crippen MR) is 95.5 cm³/mol. The molecule has 132 valence electrons. The van der Waals surface area contributed by atoms with E-state index >= 15 is 0 Å². The van der Waals surface area contributed by atoms with Gasteiger partial charge in [0, 0.05) is 11.5 Å². The van der Waals surface area contributed by atoms with E-state index in [9.17, 15) is 19.7 Å². The van der Waals surface area contributed by atoms with Gasteiger partial charge in [-0.3, -0.25) is 19.7 Å². The van der Waals surface area contributed by atoms with Crippen molar-refractivity contribution in [1.29, 1.82) is 0 Å². The van der Waals surface area contributed by atoms with Crippen molar-refractivity contribution in [3.05, 3.63) is 46.5 Å². The van der Waals surface area contributed by atoms with Crippen molar-refractivity contribution in [2.75, 3.05) is 4.90 Å². The Morgan fingerprint density at radius 2 is 1.38 bits per heavy atom. The van der Waals surface area contributed by atoms with Gasteiger partial charge in [-0.25, -0.2) is 4.90 Å². The van der Waals surface area contributed by atoms with E-state index in [4.69, 9.17) is 0 Å². The van der Waals surface area contributed by atoms with Crippen LogP contribution in [0.2, 0.25) is 0 Å². The number of hydrogen-bond donors (Lipinski definition) is 0. The standard InChI is InChI=1S/C20H18N2O4/c23-19-17-11-5-6-12(8-7-11)18(17)20(24)21(19)15-9-10-16(22(25)26)14-4-2-1-3-13(14)15/h1-4,9-12,17-18H,5-8H2/t11?,12?,17-,18+. The first-order valence-corrected chi connectivity index (χ1v) is 9.12. The van der Waals surface area contributed by atoms with Gasteiger partial charge in [-0.05, 0) is 49.7 Å². The molecule has 6 heteroatoms. The maximum atomic E-state index is 13.2. The highest BCUT2D eigenvalue weighted by atomic mass is 16.6. The van der Waals surface area contributed by atoms with E-state index in [2.05, 4.69) is 0 Å². The third-order valence-electron chi connectivity index (χ3n) is 6.55. The average Bonchev–Trinajstić information content (AvgIpc) is 2.95. The molecule has 26 heavy (non-hydrogen) atoms. The molecule has 0 radical (unpaired) electrons. The van der Waals surface area contributed by atoms with Crippen molar-refractivity contribution < 1.29 is 14.5 Å². The minimum atomic E-state index is -0.431. The van der Waals surface area contributed by atoms with Crippen LogP contribution >= 0.6 is 0 Å². The first-order valence-electron chi connectivity index (χ1n) is 9.12. The summed E-state index contributed by atoms with van der Waals surface area (Å²) in [5, 5.41) is 12.4. The van der Waals surface area contributed by atoms with E-state index in [1.807, 2.05) is 0 Å². The predicted octanol–water partition coefficient (Wildman–Crippen LogP) is 3.67. The monoisotopic (exact) mass is 350 g/mol. The molecule has 0 unspecified atom stereocenters. The Balaban J connectivity index is 1.67. The van der Waals surface area contributed by atoms with Gasteiger partial charge in [-0.15, -0.1) is 0 Å². The van der Waals surface area contributed by atoms with Crippen LogP contribution in [0.15, 0.2) is 36.4 Å². The summed E-state index contributed by atoms with van der Waals surface area (Å²) in [6, 6.07) is 9.86. The first kappa shape index (κ1) is 15.5. The molecule has 1 heterocycles. The van der Waals surface area contributed by atoms with Gasteiger partial charge in [0.05, 0.1) is 27.8 Å². The summed E-state index contributed by atoms with van der Waals surface area (Å²) in [6.45, 7) is 0. The van der Waals surface area contributed by atoms with Gasteiger partial charge in [0.1, 0.15) is 0 Å². The lowest BCUT2D eigenvalue weighted by molar-refractivity contribution is -0.383. The number of hydrogen-bond acceptors (Lipinski definition) is 4. The normalized spacial score (nSPS) is 30.1. The molecule has 4 fully saturated rings. The van der Waals surface area contributed by atoms with Crippen LogP contribution in [0.5, 0.6) is 0 Å². The summed E-state index contributed by atoms with van der Waals surface area (Å²) < 4.78 is 0. The molecule has 2 aromatic rings. The number of nitro groups is 1. The fraction of sp³-hybridized carbons (Fsp3) is 0.400. The molecule has 1 aliphatic heterocycles. The van der Waals surface area contributed by atoms with Crippen LogP contribution in [0.4, 0.5) is 11.4 Å². The minimum Gasteiger partial charge on any atom is -0.274 e. The minimum absolute atomic E-state index is 0.0130. The molecule has 6 rings (SSSR count). The Labute approximate surface area is 149 Å². The lowest BCUT2D eigenvalue weighted by Gasteiger charge is -2.42. The number of carbonyl (C=O) groups is 2. The average molecular weight is 350 g/mol. The van der Waals surface area contributed by atoms with Crippen molar-refractivity contribution in [3.8, 4) is 0 Å². The Hall–Kier alpha value is -2.76. The summed E-state index contributed by atoms with van der Waals surface area (Å²) in [7, 11) is 0. The van der Waals surface area contributed by atoms with Crippen molar-refractivity contribution in [1.82, 2.24) is 0 Å². The third-order valence-corrected chi connectivity index (χ3v) is 6.55. The fourth-order valence-electron chi connectivity index (χ4n) is 5.43. The fourth-order valence-corrected chi connectivity index (χ4v) is 5.43. The number of fused-ring (bicyclic) bond motifs is 3. The van der Waals surface area contributed by atoms with Crippen LogP contribution in [0, 0.1) is 33.8 Å². The molecule has 3 aliphatic carbocycles. The van der Waals surface area contributed by atoms with Crippen molar-refractivity contribution in [2.24, 2.45) is 23.7 Å². The highest BCUT2D eigenvalue weighted by Crippen LogP contribution is 2.54. The van der Waals surface area contributed by atoms with Crippen molar-refractivity contribution >= 4 is 34.0 Å². The topological polar surface area (TPSA) is 80.5 Å². The molecule has 6 nitrogen and oxygen atoms in total. The summed E-state index contributed by atoms with van der Waals surface area (Å²) in [5.41, 5.74) is 0.468. The van der Waals surface area contributed by atoms with Crippen LogP contribution in [-0.4, -0.2) is 16.7 Å². The molecule has 0 aromatic heterocycles. The number of benzene rings is 2. The lowest BCUT2D eigenvalue weighted by atomic mass is 9.59. The molecule has 1 saturated heterocycles. The maximum absolute atomic E-state index is 13.2. The Morgan fingerprint density at radius 1 is 0.846 bits per heavy atom. The Morgan fingerprint density at radius 3 is 1.92 bits per heavy atom. The van der Waals surface area contributed by atoms with Crippen molar-refractivity contribution in [3.63, 3.8) is 0 Å². The number of rotatable bonds is 2. The van der Waals surface area contributed by atoms with Gasteiger partial charge < -0.3 is 0 Å². The molecule has 0 N–H and O–H groups in total.